The summed E-state index contributed by atoms with van der Waals surface area (Å²) in [5.74, 6) is -0.512. The van der Waals surface area contributed by atoms with Crippen LogP contribution in [0, 0.1) is 0 Å². The number of rotatable bonds is 3. The second kappa shape index (κ2) is 5.25. The monoisotopic (exact) mass is 287 g/mol. The molecule has 0 N–H and O–H groups in total. The first-order chi connectivity index (χ1) is 9.78. The first-order valence-corrected chi connectivity index (χ1v) is 6.47. The topological polar surface area (TPSA) is 82.3 Å². The molecule has 100 valence electrons. The molecule has 0 fully saturated rings. The Morgan fingerprint density at radius 2 is 2.15 bits per heavy atom. The van der Waals surface area contributed by atoms with E-state index in [1.165, 1.54) is 31.3 Å². The van der Waals surface area contributed by atoms with E-state index >= 15 is 0 Å². The van der Waals surface area contributed by atoms with Gasteiger partial charge in [0, 0.05) is 6.20 Å². The molecule has 0 atom stereocenters. The Labute approximate surface area is 118 Å². The minimum absolute atomic E-state index is 0.169. The van der Waals surface area contributed by atoms with Gasteiger partial charge in [0.25, 0.3) is 0 Å². The third kappa shape index (κ3) is 2.32. The number of esters is 1. The van der Waals surface area contributed by atoms with Crippen molar-refractivity contribution in [3.8, 4) is 0 Å². The number of ether oxygens (including phenoxy) is 1. The minimum atomic E-state index is -0.512. The van der Waals surface area contributed by atoms with E-state index in [4.69, 9.17) is 0 Å². The molecule has 3 rings (SSSR count). The number of carbonyl (C=O) groups is 1. The Hall–Kier alpha value is -2.48. The lowest BCUT2D eigenvalue weighted by Gasteiger charge is -2.00. The van der Waals surface area contributed by atoms with Gasteiger partial charge in [-0.25, -0.2) is 14.8 Å². The van der Waals surface area contributed by atoms with Gasteiger partial charge in [-0.1, -0.05) is 6.07 Å². The van der Waals surface area contributed by atoms with Crippen molar-refractivity contribution < 1.29 is 9.53 Å². The summed E-state index contributed by atoms with van der Waals surface area (Å²) in [6.45, 7) is 0. The molecule has 0 amide bonds. The Morgan fingerprint density at radius 3 is 2.90 bits per heavy atom. The molecule has 0 saturated carbocycles. The summed E-state index contributed by atoms with van der Waals surface area (Å²) in [5.41, 5.74) is 0.928. The molecule has 0 radical (unpaired) electrons. The SMILES string of the molecule is COC(=O)c1cnc(Sc2nnc3ccccn23)cn1. The van der Waals surface area contributed by atoms with E-state index in [2.05, 4.69) is 24.9 Å². The van der Waals surface area contributed by atoms with E-state index in [0.717, 1.165) is 5.65 Å². The maximum absolute atomic E-state index is 11.3. The molecule has 0 aliphatic heterocycles. The van der Waals surface area contributed by atoms with Gasteiger partial charge in [0.1, 0.15) is 5.03 Å². The number of aromatic nitrogens is 5. The van der Waals surface area contributed by atoms with E-state index in [9.17, 15) is 4.79 Å². The van der Waals surface area contributed by atoms with Crippen LogP contribution in [-0.2, 0) is 4.74 Å². The van der Waals surface area contributed by atoms with Crippen molar-refractivity contribution in [1.82, 2.24) is 24.6 Å². The van der Waals surface area contributed by atoms with Crippen LogP contribution in [-0.4, -0.2) is 37.6 Å². The van der Waals surface area contributed by atoms with Crippen LogP contribution >= 0.6 is 11.8 Å². The summed E-state index contributed by atoms with van der Waals surface area (Å²) in [6, 6.07) is 5.65. The van der Waals surface area contributed by atoms with E-state index < -0.39 is 5.97 Å². The first-order valence-electron chi connectivity index (χ1n) is 5.66. The second-order valence-corrected chi connectivity index (χ2v) is 4.73. The van der Waals surface area contributed by atoms with E-state index in [0.29, 0.717) is 10.2 Å². The average Bonchev–Trinajstić information content (AvgIpc) is 2.91. The minimum Gasteiger partial charge on any atom is -0.464 e. The normalized spacial score (nSPS) is 10.7. The highest BCUT2D eigenvalue weighted by molar-refractivity contribution is 7.99. The summed E-state index contributed by atoms with van der Waals surface area (Å²) >= 11 is 1.32. The Kier molecular flexibility index (Phi) is 3.30. The highest BCUT2D eigenvalue weighted by Gasteiger charge is 2.10. The molecule has 0 aromatic carbocycles. The molecule has 0 unspecified atom stereocenters. The van der Waals surface area contributed by atoms with Crippen LogP contribution in [0.3, 0.4) is 0 Å². The lowest BCUT2D eigenvalue weighted by atomic mass is 10.5. The Morgan fingerprint density at radius 1 is 1.25 bits per heavy atom. The van der Waals surface area contributed by atoms with Crippen molar-refractivity contribution in [2.24, 2.45) is 0 Å². The van der Waals surface area contributed by atoms with Gasteiger partial charge in [0.2, 0.25) is 5.16 Å². The number of hydrogen-bond donors (Lipinski definition) is 0. The van der Waals surface area contributed by atoms with Crippen LogP contribution in [0.4, 0.5) is 0 Å². The van der Waals surface area contributed by atoms with Gasteiger partial charge in [0.15, 0.2) is 11.3 Å². The highest BCUT2D eigenvalue weighted by Crippen LogP contribution is 2.23. The zero-order valence-corrected chi connectivity index (χ0v) is 11.2. The van der Waals surface area contributed by atoms with Gasteiger partial charge in [-0.05, 0) is 23.9 Å². The predicted molar refractivity (Wildman–Crippen MR) is 70.5 cm³/mol. The van der Waals surface area contributed by atoms with Crippen molar-refractivity contribution in [3.05, 3.63) is 42.5 Å². The summed E-state index contributed by atoms with van der Waals surface area (Å²) in [6.07, 6.45) is 4.74. The fourth-order valence-electron chi connectivity index (χ4n) is 1.56. The fraction of sp³-hybridized carbons (Fsp3) is 0.0833. The molecular weight excluding hydrogens is 278 g/mol. The van der Waals surface area contributed by atoms with Crippen molar-refractivity contribution in [3.63, 3.8) is 0 Å². The van der Waals surface area contributed by atoms with Gasteiger partial charge in [-0.3, -0.25) is 4.40 Å². The smallest absolute Gasteiger partial charge is 0.358 e. The molecule has 0 bridgehead atoms. The standard InChI is InChI=1S/C12H9N5O2S/c1-19-11(18)8-6-14-10(7-13-8)20-12-16-15-9-4-2-3-5-17(9)12/h2-7H,1H3. The third-order valence-electron chi connectivity index (χ3n) is 2.50. The quantitative estimate of drug-likeness (QED) is 0.674. The maximum atomic E-state index is 11.3. The fourth-order valence-corrected chi connectivity index (χ4v) is 2.29. The van der Waals surface area contributed by atoms with Gasteiger partial charge >= 0.3 is 5.97 Å². The molecule has 20 heavy (non-hydrogen) atoms. The number of carbonyl (C=O) groups excluding carboxylic acids is 1. The Bertz CT molecular complexity index is 756. The third-order valence-corrected chi connectivity index (χ3v) is 3.38. The molecule has 0 spiro atoms. The number of nitrogens with zero attached hydrogens (tertiary/aromatic N) is 5. The second-order valence-electron chi connectivity index (χ2n) is 3.74. The molecule has 0 aliphatic carbocycles. The van der Waals surface area contributed by atoms with Crippen LogP contribution in [0.5, 0.6) is 0 Å². The van der Waals surface area contributed by atoms with Crippen LogP contribution in [0.1, 0.15) is 10.5 Å². The van der Waals surface area contributed by atoms with E-state index in [-0.39, 0.29) is 5.69 Å². The summed E-state index contributed by atoms with van der Waals surface area (Å²) in [7, 11) is 1.30. The summed E-state index contributed by atoms with van der Waals surface area (Å²) in [5, 5.41) is 9.43. The van der Waals surface area contributed by atoms with Gasteiger partial charge in [-0.2, -0.15) is 0 Å². The van der Waals surface area contributed by atoms with E-state index in [1.54, 1.807) is 0 Å². The summed E-state index contributed by atoms with van der Waals surface area (Å²) < 4.78 is 6.41. The number of methoxy groups -OCH3 is 1. The van der Waals surface area contributed by atoms with Crippen molar-refractivity contribution in [2.45, 2.75) is 10.2 Å². The van der Waals surface area contributed by atoms with Crippen LogP contribution in [0.15, 0.2) is 47.0 Å². The largest absolute Gasteiger partial charge is 0.464 e. The first kappa shape index (κ1) is 12.5. The Balaban J connectivity index is 1.86. The van der Waals surface area contributed by atoms with Crippen LogP contribution in [0.2, 0.25) is 0 Å². The van der Waals surface area contributed by atoms with Crippen molar-refractivity contribution in [2.75, 3.05) is 7.11 Å². The molecule has 3 aromatic heterocycles. The number of fused-ring (bicyclic) bond motifs is 1. The van der Waals surface area contributed by atoms with Gasteiger partial charge in [0.05, 0.1) is 19.5 Å². The molecule has 0 aliphatic rings. The molecule has 3 heterocycles. The molecule has 8 heteroatoms. The van der Waals surface area contributed by atoms with Crippen molar-refractivity contribution in [1.29, 1.82) is 0 Å². The van der Waals surface area contributed by atoms with Crippen LogP contribution < -0.4 is 0 Å². The predicted octanol–water partition coefficient (Wildman–Crippen LogP) is 1.46. The van der Waals surface area contributed by atoms with Gasteiger partial charge in [-0.15, -0.1) is 10.2 Å². The zero-order chi connectivity index (χ0) is 13.9. The maximum Gasteiger partial charge on any atom is 0.358 e. The van der Waals surface area contributed by atoms with Crippen LogP contribution in [0.25, 0.3) is 5.65 Å². The number of pyridine rings is 1. The lowest BCUT2D eigenvalue weighted by molar-refractivity contribution is 0.0593. The average molecular weight is 287 g/mol. The number of hydrogen-bond acceptors (Lipinski definition) is 7. The van der Waals surface area contributed by atoms with Crippen molar-refractivity contribution >= 4 is 23.4 Å². The molecule has 0 saturated heterocycles. The van der Waals surface area contributed by atoms with Gasteiger partial charge < -0.3 is 4.74 Å². The summed E-state index contributed by atoms with van der Waals surface area (Å²) in [4.78, 5) is 19.4. The molecule has 3 aromatic rings. The van der Waals surface area contributed by atoms with E-state index in [1.807, 2.05) is 28.8 Å². The molecular formula is C12H9N5O2S. The highest BCUT2D eigenvalue weighted by atomic mass is 32.2. The molecule has 7 nitrogen and oxygen atoms in total. The lowest BCUT2D eigenvalue weighted by Crippen LogP contribution is -2.04. The zero-order valence-electron chi connectivity index (χ0n) is 10.4.